The van der Waals surface area contributed by atoms with Crippen molar-refractivity contribution in [3.8, 4) is 0 Å². The summed E-state index contributed by atoms with van der Waals surface area (Å²) in [5, 5.41) is 5.09. The number of halogens is 1. The first-order valence-electron chi connectivity index (χ1n) is 11.7. The second kappa shape index (κ2) is 11.6. The Morgan fingerprint density at radius 2 is 1.62 bits per heavy atom. The number of urea groups is 1. The molecule has 37 heavy (non-hydrogen) atoms. The first-order valence-corrected chi connectivity index (χ1v) is 13.4. The van der Waals surface area contributed by atoms with E-state index in [1.165, 1.54) is 24.3 Å². The van der Waals surface area contributed by atoms with Gasteiger partial charge in [-0.2, -0.15) is 0 Å². The number of ether oxygens (including phenoxy) is 1. The molecule has 3 aromatic rings. The zero-order valence-electron chi connectivity index (χ0n) is 21.2. The molecule has 0 aliphatic heterocycles. The monoisotopic (exact) mass is 526 g/mol. The summed E-state index contributed by atoms with van der Waals surface area (Å²) in [5.74, 6) is -1.90. The fraction of sp³-hybridized carbons (Fsp3) is 0.286. The highest BCUT2D eigenvalue weighted by molar-refractivity contribution is 7.90. The molecule has 0 radical (unpaired) electrons. The molecule has 1 atom stereocenters. The number of carbonyl (C=O) groups excluding carboxylic acids is 2. The molecule has 0 unspecified atom stereocenters. The lowest BCUT2D eigenvalue weighted by molar-refractivity contribution is -0.157. The quantitative estimate of drug-likeness (QED) is 0.394. The molecule has 0 spiro atoms. The number of amides is 2. The number of nitrogens with one attached hydrogen (secondary N) is 2. The Kier molecular flexibility index (Phi) is 8.70. The largest absolute Gasteiger partial charge is 0.458 e. The van der Waals surface area contributed by atoms with Gasteiger partial charge in [0.25, 0.3) is 0 Å². The molecule has 0 aliphatic carbocycles. The topological polar surface area (TPSA) is 102 Å². The lowest BCUT2D eigenvalue weighted by Gasteiger charge is -2.25. The van der Waals surface area contributed by atoms with Crippen LogP contribution in [0.3, 0.4) is 0 Å². The van der Waals surface area contributed by atoms with E-state index in [1.807, 2.05) is 37.3 Å². The van der Waals surface area contributed by atoms with Crippen molar-refractivity contribution >= 4 is 27.5 Å². The van der Waals surface area contributed by atoms with Crippen LogP contribution in [0, 0.1) is 12.7 Å². The molecular weight excluding hydrogens is 495 g/mol. The molecule has 0 aromatic heterocycles. The molecule has 2 N–H and O–H groups in total. The maximum absolute atomic E-state index is 14.8. The molecule has 3 rings (SSSR count). The number of anilines is 1. The Labute approximate surface area is 217 Å². The van der Waals surface area contributed by atoms with Crippen molar-refractivity contribution in [1.29, 1.82) is 0 Å². The van der Waals surface area contributed by atoms with Gasteiger partial charge in [-0.1, -0.05) is 54.1 Å². The van der Waals surface area contributed by atoms with Gasteiger partial charge in [0.1, 0.15) is 17.5 Å². The summed E-state index contributed by atoms with van der Waals surface area (Å²) in [6.45, 7) is 7.03. The Hall–Kier alpha value is -3.72. The molecule has 0 heterocycles. The molecule has 2 amide bonds. The van der Waals surface area contributed by atoms with Gasteiger partial charge in [-0.25, -0.2) is 22.4 Å². The van der Waals surface area contributed by atoms with Gasteiger partial charge in [0.15, 0.2) is 9.84 Å². The number of hydrogen-bond donors (Lipinski definition) is 2. The fourth-order valence-corrected chi connectivity index (χ4v) is 4.88. The van der Waals surface area contributed by atoms with E-state index in [9.17, 15) is 22.4 Å². The van der Waals surface area contributed by atoms with E-state index in [2.05, 4.69) is 10.6 Å². The van der Waals surface area contributed by atoms with Gasteiger partial charge >= 0.3 is 12.0 Å². The zero-order valence-corrected chi connectivity index (χ0v) is 22.1. The van der Waals surface area contributed by atoms with Crippen LogP contribution < -0.4 is 10.6 Å². The first-order chi connectivity index (χ1) is 17.3. The number of sulfone groups is 1. The fourth-order valence-electron chi connectivity index (χ4n) is 3.52. The predicted octanol–water partition coefficient (Wildman–Crippen LogP) is 5.18. The van der Waals surface area contributed by atoms with Gasteiger partial charge in [0, 0.05) is 17.7 Å². The summed E-state index contributed by atoms with van der Waals surface area (Å²) in [6.07, 6.45) is 0.202. The van der Waals surface area contributed by atoms with Crippen molar-refractivity contribution in [1.82, 2.24) is 5.32 Å². The standard InChI is InChI=1S/C28H31FN2O5S/c1-19-10-14-23(15-11-19)37(34,35)18-21-12-13-22(17-24(21)29)30-27(33)31-25(26(32)36-28(2,3)4)16-20-8-6-5-7-9-20/h5-15,17,25H,16,18H2,1-4H3,(H2,30,31,33)/t25-/m1/s1. The molecular formula is C28H31FN2O5S. The maximum Gasteiger partial charge on any atom is 0.329 e. The summed E-state index contributed by atoms with van der Waals surface area (Å²) < 4.78 is 45.6. The summed E-state index contributed by atoms with van der Waals surface area (Å²) in [5.41, 5.74) is 1.07. The van der Waals surface area contributed by atoms with Gasteiger partial charge in [-0.15, -0.1) is 0 Å². The smallest absolute Gasteiger partial charge is 0.329 e. The summed E-state index contributed by atoms with van der Waals surface area (Å²) in [7, 11) is -3.75. The van der Waals surface area contributed by atoms with Crippen molar-refractivity contribution in [3.63, 3.8) is 0 Å². The average Bonchev–Trinajstić information content (AvgIpc) is 2.80. The van der Waals surface area contributed by atoms with Gasteiger partial charge in [-0.05, 0) is 57.5 Å². The van der Waals surface area contributed by atoms with Gasteiger partial charge in [-0.3, -0.25) is 0 Å². The lowest BCUT2D eigenvalue weighted by Crippen LogP contribution is -2.47. The summed E-state index contributed by atoms with van der Waals surface area (Å²) in [4.78, 5) is 25.5. The van der Waals surface area contributed by atoms with Gasteiger partial charge < -0.3 is 15.4 Å². The van der Waals surface area contributed by atoms with E-state index >= 15 is 0 Å². The van der Waals surface area contributed by atoms with E-state index in [4.69, 9.17) is 4.74 Å². The SMILES string of the molecule is Cc1ccc(S(=O)(=O)Cc2ccc(NC(=O)N[C@H](Cc3ccccc3)C(=O)OC(C)(C)C)cc2F)cc1. The van der Waals surface area contributed by atoms with E-state index < -0.39 is 45.1 Å². The Bertz CT molecular complexity index is 1350. The zero-order chi connectivity index (χ0) is 27.2. The number of carbonyl (C=O) groups is 2. The third kappa shape index (κ3) is 8.42. The van der Waals surface area contributed by atoms with Crippen molar-refractivity contribution in [3.05, 3.63) is 95.3 Å². The maximum atomic E-state index is 14.8. The molecule has 9 heteroatoms. The van der Waals surface area contributed by atoms with E-state index in [1.54, 1.807) is 32.9 Å². The van der Waals surface area contributed by atoms with Crippen molar-refractivity contribution in [2.75, 3.05) is 5.32 Å². The van der Waals surface area contributed by atoms with Gasteiger partial charge in [0.2, 0.25) is 0 Å². The Balaban J connectivity index is 1.70. The van der Waals surface area contributed by atoms with E-state index in [0.717, 1.165) is 17.2 Å². The van der Waals surface area contributed by atoms with E-state index in [0.29, 0.717) is 0 Å². The van der Waals surface area contributed by atoms with Crippen LogP contribution in [0.1, 0.15) is 37.5 Å². The third-order valence-electron chi connectivity index (χ3n) is 5.32. The van der Waals surface area contributed by atoms with Crippen LogP contribution in [-0.2, 0) is 31.5 Å². The second-order valence-corrected chi connectivity index (χ2v) is 11.7. The van der Waals surface area contributed by atoms with Crippen molar-refractivity contribution in [2.45, 2.75) is 56.4 Å². The molecule has 0 saturated carbocycles. The van der Waals surface area contributed by atoms with Crippen LogP contribution in [0.5, 0.6) is 0 Å². The van der Waals surface area contributed by atoms with Crippen LogP contribution in [0.25, 0.3) is 0 Å². The predicted molar refractivity (Wildman–Crippen MR) is 140 cm³/mol. The molecule has 0 bridgehead atoms. The molecule has 7 nitrogen and oxygen atoms in total. The highest BCUT2D eigenvalue weighted by Crippen LogP contribution is 2.21. The lowest BCUT2D eigenvalue weighted by atomic mass is 10.1. The highest BCUT2D eigenvalue weighted by Gasteiger charge is 2.27. The van der Waals surface area contributed by atoms with Crippen LogP contribution in [0.15, 0.2) is 77.7 Å². The number of benzene rings is 3. The number of rotatable bonds is 8. The van der Waals surface area contributed by atoms with E-state index in [-0.39, 0.29) is 22.6 Å². The molecule has 0 fully saturated rings. The van der Waals surface area contributed by atoms with Crippen molar-refractivity contribution in [2.24, 2.45) is 0 Å². The number of hydrogen-bond acceptors (Lipinski definition) is 5. The minimum absolute atomic E-state index is 0.0257. The normalized spacial score (nSPS) is 12.5. The number of aryl methyl sites for hydroxylation is 1. The van der Waals surface area contributed by atoms with Crippen LogP contribution in [0.4, 0.5) is 14.9 Å². The Morgan fingerprint density at radius 3 is 2.22 bits per heavy atom. The minimum Gasteiger partial charge on any atom is -0.458 e. The summed E-state index contributed by atoms with van der Waals surface area (Å²) in [6, 6.07) is 17.5. The highest BCUT2D eigenvalue weighted by atomic mass is 32.2. The van der Waals surface area contributed by atoms with Crippen molar-refractivity contribution < 1.29 is 27.1 Å². The Morgan fingerprint density at radius 1 is 0.973 bits per heavy atom. The second-order valence-electron chi connectivity index (χ2n) is 9.75. The summed E-state index contributed by atoms with van der Waals surface area (Å²) >= 11 is 0. The van der Waals surface area contributed by atoms with Crippen LogP contribution in [-0.4, -0.2) is 32.1 Å². The molecule has 0 aliphatic rings. The third-order valence-corrected chi connectivity index (χ3v) is 7.00. The molecule has 196 valence electrons. The van der Waals surface area contributed by atoms with Crippen LogP contribution in [0.2, 0.25) is 0 Å². The first kappa shape index (κ1) is 27.9. The van der Waals surface area contributed by atoms with Gasteiger partial charge in [0.05, 0.1) is 10.6 Å². The average molecular weight is 527 g/mol. The van der Waals surface area contributed by atoms with Crippen LogP contribution >= 0.6 is 0 Å². The minimum atomic E-state index is -3.75. The molecule has 0 saturated heterocycles. The molecule has 3 aromatic carbocycles. The number of esters is 1.